The van der Waals surface area contributed by atoms with Crippen molar-refractivity contribution in [3.8, 4) is 0 Å². The lowest BCUT2D eigenvalue weighted by molar-refractivity contribution is -0.113. The average Bonchev–Trinajstić information content (AvgIpc) is 3.04. The van der Waals surface area contributed by atoms with Crippen LogP contribution in [0.3, 0.4) is 0 Å². The second-order valence-corrected chi connectivity index (χ2v) is 7.41. The molecule has 0 spiro atoms. The van der Waals surface area contributed by atoms with Gasteiger partial charge in [-0.15, -0.1) is 11.3 Å². The molecule has 1 fully saturated rings. The molecule has 0 N–H and O–H groups in total. The molecular formula is C16H13NOS3. The molecule has 0 bridgehead atoms. The van der Waals surface area contributed by atoms with E-state index < -0.39 is 0 Å². The molecule has 2 aromatic rings. The van der Waals surface area contributed by atoms with Crippen molar-refractivity contribution in [3.63, 3.8) is 0 Å². The van der Waals surface area contributed by atoms with Gasteiger partial charge in [0.1, 0.15) is 0 Å². The minimum atomic E-state index is -0.0351. The summed E-state index contributed by atoms with van der Waals surface area (Å²) < 4.78 is 0.594. The maximum Gasteiger partial charge on any atom is 0.270 e. The largest absolute Gasteiger partial charge is 0.270 e. The fourth-order valence-electron chi connectivity index (χ4n) is 2.16. The van der Waals surface area contributed by atoms with Gasteiger partial charge < -0.3 is 0 Å². The highest BCUT2D eigenvalue weighted by Gasteiger charge is 2.34. The summed E-state index contributed by atoms with van der Waals surface area (Å²) in [6.07, 6.45) is 1.91. The van der Waals surface area contributed by atoms with Crippen molar-refractivity contribution < 1.29 is 4.79 Å². The number of carbonyl (C=O) groups excluding carboxylic acids is 1. The quantitative estimate of drug-likeness (QED) is 0.584. The summed E-state index contributed by atoms with van der Waals surface area (Å²) in [4.78, 5) is 16.1. The Morgan fingerprint density at radius 3 is 2.71 bits per heavy atom. The summed E-state index contributed by atoms with van der Waals surface area (Å²) in [6, 6.07) is 9.91. The molecule has 21 heavy (non-hydrogen) atoms. The van der Waals surface area contributed by atoms with Gasteiger partial charge in [0, 0.05) is 4.88 Å². The van der Waals surface area contributed by atoms with E-state index in [0.29, 0.717) is 9.23 Å². The van der Waals surface area contributed by atoms with Crippen LogP contribution in [0.15, 0.2) is 40.6 Å². The Balaban J connectivity index is 2.00. The van der Waals surface area contributed by atoms with E-state index >= 15 is 0 Å². The molecule has 1 aliphatic rings. The topological polar surface area (TPSA) is 20.3 Å². The van der Waals surface area contributed by atoms with Gasteiger partial charge in [-0.05, 0) is 48.6 Å². The highest BCUT2D eigenvalue weighted by molar-refractivity contribution is 8.27. The molecular weight excluding hydrogens is 318 g/mol. The third-order valence-corrected chi connectivity index (χ3v) is 5.55. The number of thiophene rings is 1. The number of anilines is 1. The van der Waals surface area contributed by atoms with Crippen LogP contribution in [0.1, 0.15) is 16.0 Å². The lowest BCUT2D eigenvalue weighted by atomic mass is 10.1. The van der Waals surface area contributed by atoms with E-state index in [1.165, 1.54) is 11.8 Å². The standard InChI is InChI=1S/C16H13NOS3/c1-10-5-3-7-13(11(10)2)17-15(18)14(21-16(17)19)9-12-6-4-8-20-12/h3-9H,1-2H3/b14-9+. The van der Waals surface area contributed by atoms with Gasteiger partial charge in [0.2, 0.25) is 0 Å². The van der Waals surface area contributed by atoms with Crippen LogP contribution in [-0.2, 0) is 4.79 Å². The van der Waals surface area contributed by atoms with Gasteiger partial charge in [-0.25, -0.2) is 0 Å². The van der Waals surface area contributed by atoms with Crippen molar-refractivity contribution in [1.29, 1.82) is 0 Å². The lowest BCUT2D eigenvalue weighted by Gasteiger charge is -2.18. The summed E-state index contributed by atoms with van der Waals surface area (Å²) in [5.74, 6) is -0.0351. The number of hydrogen-bond donors (Lipinski definition) is 0. The van der Waals surface area contributed by atoms with Crippen LogP contribution >= 0.6 is 35.3 Å². The minimum absolute atomic E-state index is 0.0351. The van der Waals surface area contributed by atoms with Gasteiger partial charge >= 0.3 is 0 Å². The first-order valence-electron chi connectivity index (χ1n) is 6.45. The van der Waals surface area contributed by atoms with Crippen molar-refractivity contribution >= 4 is 57.3 Å². The van der Waals surface area contributed by atoms with Gasteiger partial charge in [0.15, 0.2) is 4.32 Å². The van der Waals surface area contributed by atoms with E-state index in [4.69, 9.17) is 12.2 Å². The Morgan fingerprint density at radius 1 is 1.19 bits per heavy atom. The third-order valence-electron chi connectivity index (χ3n) is 3.43. The summed E-state index contributed by atoms with van der Waals surface area (Å²) >= 11 is 8.38. The zero-order valence-corrected chi connectivity index (χ0v) is 14.1. The second-order valence-electron chi connectivity index (χ2n) is 4.75. The number of rotatable bonds is 2. The van der Waals surface area contributed by atoms with Crippen LogP contribution in [0.4, 0.5) is 5.69 Å². The highest BCUT2D eigenvalue weighted by Crippen LogP contribution is 2.38. The number of thiocarbonyl (C=S) groups is 1. The van der Waals surface area contributed by atoms with Gasteiger partial charge in [-0.3, -0.25) is 9.69 Å². The van der Waals surface area contributed by atoms with Gasteiger partial charge in [-0.1, -0.05) is 42.2 Å². The maximum absolute atomic E-state index is 12.7. The van der Waals surface area contributed by atoms with Crippen LogP contribution in [-0.4, -0.2) is 10.2 Å². The molecule has 3 rings (SSSR count). The average molecular weight is 331 g/mol. The molecule has 2 heterocycles. The summed E-state index contributed by atoms with van der Waals surface area (Å²) in [5, 5.41) is 2.00. The van der Waals surface area contributed by atoms with Crippen LogP contribution in [0.25, 0.3) is 6.08 Å². The van der Waals surface area contributed by atoms with E-state index in [0.717, 1.165) is 21.7 Å². The number of amides is 1. The zero-order valence-electron chi connectivity index (χ0n) is 11.6. The molecule has 1 saturated heterocycles. The van der Waals surface area contributed by atoms with Crippen LogP contribution < -0.4 is 4.90 Å². The molecule has 1 aromatic heterocycles. The van der Waals surface area contributed by atoms with E-state index in [1.54, 1.807) is 16.2 Å². The third kappa shape index (κ3) is 2.69. The van der Waals surface area contributed by atoms with Gasteiger partial charge in [0.25, 0.3) is 5.91 Å². The number of hydrogen-bond acceptors (Lipinski definition) is 4. The summed E-state index contributed by atoms with van der Waals surface area (Å²) in [6.45, 7) is 4.06. The van der Waals surface area contributed by atoms with Crippen LogP contribution in [0, 0.1) is 13.8 Å². The Morgan fingerprint density at radius 2 is 2.00 bits per heavy atom. The first kappa shape index (κ1) is 14.5. The summed E-state index contributed by atoms with van der Waals surface area (Å²) in [7, 11) is 0. The van der Waals surface area contributed by atoms with E-state index in [1.807, 2.05) is 55.6 Å². The van der Waals surface area contributed by atoms with Crippen molar-refractivity contribution in [3.05, 3.63) is 56.6 Å². The van der Waals surface area contributed by atoms with Gasteiger partial charge in [-0.2, -0.15) is 0 Å². The van der Waals surface area contributed by atoms with Crippen molar-refractivity contribution in [2.45, 2.75) is 13.8 Å². The Hall–Kier alpha value is -1.43. The molecule has 1 aliphatic heterocycles. The molecule has 5 heteroatoms. The normalized spacial score (nSPS) is 17.0. The molecule has 0 atom stereocenters. The predicted molar refractivity (Wildman–Crippen MR) is 95.9 cm³/mol. The molecule has 1 aromatic carbocycles. The van der Waals surface area contributed by atoms with E-state index in [2.05, 4.69) is 0 Å². The number of thioether (sulfide) groups is 1. The van der Waals surface area contributed by atoms with Crippen molar-refractivity contribution in [1.82, 2.24) is 0 Å². The van der Waals surface area contributed by atoms with Crippen LogP contribution in [0.2, 0.25) is 0 Å². The molecule has 0 aliphatic carbocycles. The number of carbonyl (C=O) groups is 1. The SMILES string of the molecule is Cc1cccc(N2C(=O)/C(=C\c3cccs3)SC2=S)c1C. The first-order valence-corrected chi connectivity index (χ1v) is 8.56. The molecule has 1 amide bonds. The first-order chi connectivity index (χ1) is 10.1. The maximum atomic E-state index is 12.7. The number of aryl methyl sites for hydroxylation is 1. The number of benzene rings is 1. The van der Waals surface area contributed by atoms with Gasteiger partial charge in [0.05, 0.1) is 10.6 Å². The summed E-state index contributed by atoms with van der Waals surface area (Å²) in [5.41, 5.74) is 3.13. The second kappa shape index (κ2) is 5.75. The number of nitrogens with zero attached hydrogens (tertiary/aromatic N) is 1. The Kier molecular flexibility index (Phi) is 3.97. The van der Waals surface area contributed by atoms with Crippen LogP contribution in [0.5, 0.6) is 0 Å². The predicted octanol–water partition coefficient (Wildman–Crippen LogP) is 4.77. The monoisotopic (exact) mass is 331 g/mol. The molecule has 0 radical (unpaired) electrons. The molecule has 106 valence electrons. The molecule has 0 saturated carbocycles. The van der Waals surface area contributed by atoms with Crippen molar-refractivity contribution in [2.75, 3.05) is 4.90 Å². The highest BCUT2D eigenvalue weighted by atomic mass is 32.2. The molecule has 0 unspecified atom stereocenters. The Bertz CT molecular complexity index is 747. The minimum Gasteiger partial charge on any atom is -0.268 e. The van der Waals surface area contributed by atoms with E-state index in [-0.39, 0.29) is 5.91 Å². The lowest BCUT2D eigenvalue weighted by Crippen LogP contribution is -2.28. The smallest absolute Gasteiger partial charge is 0.268 e. The van der Waals surface area contributed by atoms with E-state index in [9.17, 15) is 4.79 Å². The fraction of sp³-hybridized carbons (Fsp3) is 0.125. The molecule has 2 nitrogen and oxygen atoms in total. The zero-order chi connectivity index (χ0) is 15.0. The van der Waals surface area contributed by atoms with Crippen molar-refractivity contribution in [2.24, 2.45) is 0 Å². The fourth-order valence-corrected chi connectivity index (χ4v) is 4.16. The Labute approximate surface area is 137 Å².